The van der Waals surface area contributed by atoms with E-state index < -0.39 is 20.5 Å². The van der Waals surface area contributed by atoms with Gasteiger partial charge < -0.3 is 34.8 Å². The third-order valence-corrected chi connectivity index (χ3v) is 15.3. The van der Waals surface area contributed by atoms with E-state index in [1.54, 1.807) is 6.07 Å². The lowest BCUT2D eigenvalue weighted by molar-refractivity contribution is 0.102. The van der Waals surface area contributed by atoms with Gasteiger partial charge >= 0.3 is 12.1 Å². The summed E-state index contributed by atoms with van der Waals surface area (Å²) in [7, 11) is -2.44. The molecule has 0 aliphatic heterocycles. The summed E-state index contributed by atoms with van der Waals surface area (Å²) >= 11 is 0. The Morgan fingerprint density at radius 3 is 1.97 bits per heavy atom. The van der Waals surface area contributed by atoms with E-state index in [4.69, 9.17) is 9.16 Å². The summed E-state index contributed by atoms with van der Waals surface area (Å²) in [5.74, 6) is 0.518. The number of pyridine rings is 1. The fraction of sp³-hybridized carbons (Fsp3) is 0.255. The van der Waals surface area contributed by atoms with E-state index in [0.717, 1.165) is 33.2 Å². The van der Waals surface area contributed by atoms with Gasteiger partial charge in [-0.15, -0.1) is 0 Å². The summed E-state index contributed by atoms with van der Waals surface area (Å²) < 4.78 is 13.2. The number of benzene rings is 5. The second-order valence-electron chi connectivity index (χ2n) is 15.9. The molecule has 0 bridgehead atoms. The molecule has 0 aliphatic rings. The molecule has 0 spiro atoms. The molecule has 10 nitrogen and oxygen atoms in total. The molecule has 0 radical (unpaired) electrons. The highest BCUT2D eigenvalue weighted by atomic mass is 28.4. The molecule has 11 heteroatoms. The van der Waals surface area contributed by atoms with Crippen molar-refractivity contribution >= 4 is 37.0 Å². The average Bonchev–Trinajstić information content (AvgIpc) is 3.21. The summed E-state index contributed by atoms with van der Waals surface area (Å²) in [6.07, 6.45) is -1.25. The molecule has 300 valence electrons. The van der Waals surface area contributed by atoms with E-state index in [9.17, 15) is 19.5 Å². The van der Waals surface area contributed by atoms with Gasteiger partial charge in [0, 0.05) is 23.7 Å². The molecule has 4 N–H and O–H groups in total. The topological polar surface area (TPSA) is 133 Å². The highest BCUT2D eigenvalue weighted by Gasteiger charge is 2.40. The van der Waals surface area contributed by atoms with Gasteiger partial charge in [-0.1, -0.05) is 130 Å². The van der Waals surface area contributed by atoms with Crippen LogP contribution >= 0.6 is 0 Å². The smallest absolute Gasteiger partial charge is 0.407 e. The van der Waals surface area contributed by atoms with Gasteiger partial charge in [-0.25, -0.2) is 9.59 Å². The molecule has 1 heterocycles. The summed E-state index contributed by atoms with van der Waals surface area (Å²) in [5.41, 5.74) is 5.47. The number of ether oxygens (including phenoxy) is 1. The Bertz CT molecular complexity index is 2310. The predicted octanol–water partition coefficient (Wildman–Crippen LogP) is 10.3. The fourth-order valence-electron chi connectivity index (χ4n) is 6.55. The number of carbonyl (C=O) groups is 2. The molecular formula is C47H52N4O6Si. The summed E-state index contributed by atoms with van der Waals surface area (Å²) in [4.78, 5) is 43.0. The largest absolute Gasteiger partial charge is 0.487 e. The van der Waals surface area contributed by atoms with Crippen molar-refractivity contribution in [2.24, 2.45) is 0 Å². The number of fused-ring (bicyclic) bond motifs is 1. The first-order chi connectivity index (χ1) is 27.8. The lowest BCUT2D eigenvalue weighted by atomic mass is 9.99. The SMILES string of the molecule is CC(C)(C)[Si](C)(C)O[C@H](CN(CCc1ccc(NC(=O)NC(c2ccccc2)c2ccccc2)cc1)C(=O)O)c1ccc(OCc2ccccc2)c2[nH]c(=O)ccc12. The molecule has 1 aromatic heterocycles. The number of anilines is 1. The van der Waals surface area contributed by atoms with Crippen molar-refractivity contribution in [2.75, 3.05) is 18.4 Å². The molecule has 58 heavy (non-hydrogen) atoms. The zero-order valence-corrected chi connectivity index (χ0v) is 34.7. The van der Waals surface area contributed by atoms with Gasteiger partial charge in [-0.3, -0.25) is 4.79 Å². The number of nitrogens with one attached hydrogen (secondary N) is 3. The number of carboxylic acid groups (broad SMARTS) is 1. The van der Waals surface area contributed by atoms with E-state index in [1.165, 1.54) is 11.0 Å². The van der Waals surface area contributed by atoms with Crippen LogP contribution in [0, 0.1) is 0 Å². The number of H-pyrrole nitrogens is 1. The minimum atomic E-state index is -2.44. The molecule has 0 aliphatic carbocycles. The predicted molar refractivity (Wildman–Crippen MR) is 233 cm³/mol. The van der Waals surface area contributed by atoms with Crippen molar-refractivity contribution in [3.63, 3.8) is 0 Å². The molecule has 0 saturated carbocycles. The number of carbonyl (C=O) groups excluding carboxylic acids is 1. The van der Waals surface area contributed by atoms with Crippen molar-refractivity contribution in [2.45, 2.75) is 64.1 Å². The quantitative estimate of drug-likeness (QED) is 0.0765. The third-order valence-electron chi connectivity index (χ3n) is 10.8. The lowest BCUT2D eigenvalue weighted by Crippen LogP contribution is -2.45. The van der Waals surface area contributed by atoms with E-state index in [0.29, 0.717) is 30.0 Å². The second kappa shape index (κ2) is 18.4. The van der Waals surface area contributed by atoms with Crippen LogP contribution in [0.25, 0.3) is 10.9 Å². The number of aromatic nitrogens is 1. The highest BCUT2D eigenvalue weighted by molar-refractivity contribution is 6.74. The van der Waals surface area contributed by atoms with Gasteiger partial charge in [-0.05, 0) is 76.6 Å². The molecule has 0 unspecified atom stereocenters. The van der Waals surface area contributed by atoms with Crippen LogP contribution in [0.5, 0.6) is 5.75 Å². The van der Waals surface area contributed by atoms with Crippen LogP contribution in [-0.2, 0) is 17.5 Å². The van der Waals surface area contributed by atoms with Crippen molar-refractivity contribution < 1.29 is 23.9 Å². The molecule has 1 atom stereocenters. The Balaban J connectivity index is 1.18. The second-order valence-corrected chi connectivity index (χ2v) is 20.7. The molecule has 0 saturated heterocycles. The van der Waals surface area contributed by atoms with Gasteiger partial charge in [0.2, 0.25) is 5.56 Å². The number of nitrogens with zero attached hydrogens (tertiary/aromatic N) is 1. The molecule has 0 fully saturated rings. The number of hydrogen-bond donors (Lipinski definition) is 4. The minimum Gasteiger partial charge on any atom is -0.487 e. The number of hydrogen-bond acceptors (Lipinski definition) is 5. The van der Waals surface area contributed by atoms with E-state index >= 15 is 0 Å². The standard InChI is InChI=1S/C47H52N4O6Si/c1-47(2,3)58(4,5)57-41(38-25-27-40(44-39(38)26-28-42(52)49-44)56-32-34-15-9-6-10-16-34)31-51(46(54)55)30-29-33-21-23-37(24-22-33)48-45(53)50-43(35-17-11-7-12-18-35)36-19-13-8-14-20-36/h6-28,41,43H,29-32H2,1-5H3,(H,49,52)(H,54,55)(H2,48,50,53)/t41-/m1/s1. The first-order valence-electron chi connectivity index (χ1n) is 19.5. The first kappa shape index (κ1) is 41.5. The Hall–Kier alpha value is -6.17. The number of aromatic amines is 1. The molecule has 6 rings (SSSR count). The number of urea groups is 1. The molecular weight excluding hydrogens is 745 g/mol. The van der Waals surface area contributed by atoms with Crippen LogP contribution in [-0.4, -0.2) is 48.5 Å². The van der Waals surface area contributed by atoms with Crippen LogP contribution in [0.2, 0.25) is 18.1 Å². The number of amides is 3. The molecule has 5 aromatic carbocycles. The highest BCUT2D eigenvalue weighted by Crippen LogP contribution is 2.42. The Morgan fingerprint density at radius 2 is 1.38 bits per heavy atom. The monoisotopic (exact) mass is 796 g/mol. The van der Waals surface area contributed by atoms with Gasteiger partial charge in [-0.2, -0.15) is 0 Å². The maximum Gasteiger partial charge on any atom is 0.407 e. The van der Waals surface area contributed by atoms with Crippen LogP contribution < -0.4 is 20.9 Å². The van der Waals surface area contributed by atoms with Crippen molar-refractivity contribution in [3.05, 3.63) is 178 Å². The average molecular weight is 797 g/mol. The fourth-order valence-corrected chi connectivity index (χ4v) is 7.81. The lowest BCUT2D eigenvalue weighted by Gasteiger charge is -2.40. The van der Waals surface area contributed by atoms with Crippen LogP contribution in [0.4, 0.5) is 15.3 Å². The first-order valence-corrected chi connectivity index (χ1v) is 22.4. The number of rotatable bonds is 15. The van der Waals surface area contributed by atoms with E-state index in [-0.39, 0.29) is 35.8 Å². The Morgan fingerprint density at radius 1 is 0.776 bits per heavy atom. The summed E-state index contributed by atoms with van der Waals surface area (Å²) in [5, 5.41) is 17.1. The van der Waals surface area contributed by atoms with Gasteiger partial charge in [0.25, 0.3) is 0 Å². The van der Waals surface area contributed by atoms with Crippen LogP contribution in [0.15, 0.2) is 144 Å². The van der Waals surface area contributed by atoms with Crippen molar-refractivity contribution in [1.29, 1.82) is 0 Å². The van der Waals surface area contributed by atoms with Crippen molar-refractivity contribution in [1.82, 2.24) is 15.2 Å². The Labute approximate surface area is 341 Å². The van der Waals surface area contributed by atoms with E-state index in [1.807, 2.05) is 127 Å². The maximum atomic E-state index is 13.2. The zero-order valence-electron chi connectivity index (χ0n) is 33.7. The van der Waals surface area contributed by atoms with Gasteiger partial charge in [0.05, 0.1) is 24.2 Å². The minimum absolute atomic E-state index is 0.0735. The Kier molecular flexibility index (Phi) is 13.1. The van der Waals surface area contributed by atoms with Gasteiger partial charge in [0.15, 0.2) is 8.32 Å². The summed E-state index contributed by atoms with van der Waals surface area (Å²) in [6.45, 7) is 11.3. The van der Waals surface area contributed by atoms with E-state index in [2.05, 4.69) is 49.5 Å². The molecule has 3 amide bonds. The molecule has 6 aromatic rings. The van der Waals surface area contributed by atoms with Crippen molar-refractivity contribution in [3.8, 4) is 5.75 Å². The summed E-state index contributed by atoms with van der Waals surface area (Å²) in [6, 6.07) is 43.1. The third kappa shape index (κ3) is 10.6. The maximum absolute atomic E-state index is 13.2. The normalized spacial score (nSPS) is 12.2. The zero-order chi connectivity index (χ0) is 41.3. The van der Waals surface area contributed by atoms with Gasteiger partial charge in [0.1, 0.15) is 12.4 Å². The van der Waals surface area contributed by atoms with Crippen LogP contribution in [0.1, 0.15) is 60.7 Å². The van der Waals surface area contributed by atoms with Crippen LogP contribution in [0.3, 0.4) is 0 Å².